The number of rotatable bonds is 4. The van der Waals surface area contributed by atoms with Gasteiger partial charge in [0.2, 0.25) is 5.91 Å². The maximum Gasteiger partial charge on any atom is 0.319 e. The van der Waals surface area contributed by atoms with Gasteiger partial charge >= 0.3 is 6.03 Å². The summed E-state index contributed by atoms with van der Waals surface area (Å²) in [6, 6.07) is 4.82. The number of nitrogens with zero attached hydrogens (tertiary/aromatic N) is 2. The van der Waals surface area contributed by atoms with Gasteiger partial charge in [0, 0.05) is 51.3 Å². The number of hydrogen-bond donors (Lipinski definition) is 2. The number of benzene rings is 1. The summed E-state index contributed by atoms with van der Waals surface area (Å²) in [5.74, 6) is 0.266. The van der Waals surface area contributed by atoms with Gasteiger partial charge in [0.1, 0.15) is 12.4 Å². The lowest BCUT2D eigenvalue weighted by Crippen LogP contribution is -2.48. The Morgan fingerprint density at radius 3 is 2.54 bits per heavy atom. The van der Waals surface area contributed by atoms with Crippen molar-refractivity contribution >= 4 is 23.5 Å². The fourth-order valence-corrected chi connectivity index (χ4v) is 4.83. The van der Waals surface area contributed by atoms with Crippen molar-refractivity contribution in [3.63, 3.8) is 0 Å². The Bertz CT molecular complexity index is 902. The summed E-state index contributed by atoms with van der Waals surface area (Å²) in [4.78, 5) is 42.0. The molecule has 2 N–H and O–H groups in total. The number of carbonyl (C=O) groups is 3. The molecule has 0 radical (unpaired) electrons. The molecule has 0 bridgehead atoms. The van der Waals surface area contributed by atoms with Gasteiger partial charge in [0.25, 0.3) is 5.91 Å². The second-order valence-electron chi connectivity index (χ2n) is 9.79. The Hall–Kier alpha value is -2.81. The van der Waals surface area contributed by atoms with Gasteiger partial charge in [-0.3, -0.25) is 9.59 Å². The van der Waals surface area contributed by atoms with Crippen LogP contribution in [-0.2, 0) is 9.53 Å². The molecule has 1 aliphatic heterocycles. The molecule has 1 aromatic rings. The van der Waals surface area contributed by atoms with Gasteiger partial charge in [-0.15, -0.1) is 0 Å². The zero-order chi connectivity index (χ0) is 25.5. The van der Waals surface area contributed by atoms with Crippen molar-refractivity contribution in [2.24, 2.45) is 5.92 Å². The highest BCUT2D eigenvalue weighted by Gasteiger charge is 2.30. The SMILES string of the molecule is CCC(=O)N1C[C@H](C)[C@@H](OC)CN(C)C(=O)c2cc(NC(=O)NC3CCCC3)ccc2OC[C@H]1C. The molecule has 194 valence electrons. The molecule has 35 heavy (non-hydrogen) atoms. The fourth-order valence-electron chi connectivity index (χ4n) is 4.83. The van der Waals surface area contributed by atoms with Gasteiger partial charge in [-0.25, -0.2) is 4.79 Å². The van der Waals surface area contributed by atoms with Gasteiger partial charge in [-0.2, -0.15) is 0 Å². The van der Waals surface area contributed by atoms with Crippen LogP contribution in [0.25, 0.3) is 0 Å². The van der Waals surface area contributed by atoms with Crippen molar-refractivity contribution in [2.45, 2.75) is 71.1 Å². The highest BCUT2D eigenvalue weighted by atomic mass is 16.5. The first kappa shape index (κ1) is 26.8. The molecule has 1 aromatic carbocycles. The molecule has 0 saturated heterocycles. The zero-order valence-electron chi connectivity index (χ0n) is 21.6. The molecule has 1 heterocycles. The lowest BCUT2D eigenvalue weighted by molar-refractivity contribution is -0.135. The van der Waals surface area contributed by atoms with Crippen LogP contribution < -0.4 is 15.4 Å². The fraction of sp³-hybridized carbons (Fsp3) is 0.654. The maximum atomic E-state index is 13.4. The Labute approximate surface area is 208 Å². The number of urea groups is 1. The largest absolute Gasteiger partial charge is 0.491 e. The molecule has 1 aliphatic carbocycles. The number of nitrogens with one attached hydrogen (secondary N) is 2. The summed E-state index contributed by atoms with van der Waals surface area (Å²) in [5, 5.41) is 5.85. The van der Waals surface area contributed by atoms with Gasteiger partial charge in [0.15, 0.2) is 0 Å². The molecule has 3 rings (SSSR count). The van der Waals surface area contributed by atoms with Crippen molar-refractivity contribution < 1.29 is 23.9 Å². The van der Waals surface area contributed by atoms with Crippen molar-refractivity contribution in [3.05, 3.63) is 23.8 Å². The van der Waals surface area contributed by atoms with Crippen molar-refractivity contribution in [1.82, 2.24) is 15.1 Å². The third-order valence-electron chi connectivity index (χ3n) is 7.02. The van der Waals surface area contributed by atoms with Crippen LogP contribution in [0.3, 0.4) is 0 Å². The van der Waals surface area contributed by atoms with Crippen LogP contribution in [0, 0.1) is 5.92 Å². The molecule has 0 aromatic heterocycles. The normalized spacial score (nSPS) is 24.1. The minimum absolute atomic E-state index is 0.0133. The van der Waals surface area contributed by atoms with Gasteiger partial charge in [-0.1, -0.05) is 26.7 Å². The third-order valence-corrected chi connectivity index (χ3v) is 7.02. The smallest absolute Gasteiger partial charge is 0.319 e. The quantitative estimate of drug-likeness (QED) is 0.676. The van der Waals surface area contributed by atoms with E-state index in [-0.39, 0.29) is 48.6 Å². The molecule has 2 aliphatic rings. The van der Waals surface area contributed by atoms with Crippen molar-refractivity contribution in [1.29, 1.82) is 0 Å². The predicted molar refractivity (Wildman–Crippen MR) is 135 cm³/mol. The first-order chi connectivity index (χ1) is 16.7. The number of likely N-dealkylation sites (N-methyl/N-ethyl adjacent to an activating group) is 1. The van der Waals surface area contributed by atoms with Crippen LogP contribution in [0.15, 0.2) is 18.2 Å². The first-order valence-corrected chi connectivity index (χ1v) is 12.7. The van der Waals surface area contributed by atoms with E-state index in [0.717, 1.165) is 25.7 Å². The zero-order valence-corrected chi connectivity index (χ0v) is 21.6. The lowest BCUT2D eigenvalue weighted by atomic mass is 10.0. The van der Waals surface area contributed by atoms with Crippen LogP contribution >= 0.6 is 0 Å². The highest BCUT2D eigenvalue weighted by Crippen LogP contribution is 2.27. The number of anilines is 1. The summed E-state index contributed by atoms with van der Waals surface area (Å²) < 4.78 is 11.8. The predicted octanol–water partition coefficient (Wildman–Crippen LogP) is 3.49. The average molecular weight is 489 g/mol. The van der Waals surface area contributed by atoms with E-state index >= 15 is 0 Å². The Morgan fingerprint density at radius 2 is 1.89 bits per heavy atom. The molecule has 3 atom stereocenters. The molecule has 9 nitrogen and oxygen atoms in total. The number of carbonyl (C=O) groups excluding carboxylic acids is 3. The van der Waals surface area contributed by atoms with Crippen LogP contribution in [0.5, 0.6) is 5.75 Å². The van der Waals surface area contributed by atoms with E-state index in [2.05, 4.69) is 10.6 Å². The molecule has 0 unspecified atom stereocenters. The first-order valence-electron chi connectivity index (χ1n) is 12.7. The van der Waals surface area contributed by atoms with E-state index in [0.29, 0.717) is 36.5 Å². The summed E-state index contributed by atoms with van der Waals surface area (Å²) in [6.45, 7) is 6.95. The van der Waals surface area contributed by atoms with E-state index in [4.69, 9.17) is 9.47 Å². The van der Waals surface area contributed by atoms with Crippen LogP contribution in [0.4, 0.5) is 10.5 Å². The van der Waals surface area contributed by atoms with Crippen LogP contribution in [-0.4, -0.2) is 79.7 Å². The monoisotopic (exact) mass is 488 g/mol. The maximum absolute atomic E-state index is 13.4. The summed E-state index contributed by atoms with van der Waals surface area (Å²) in [7, 11) is 3.35. The number of amides is 4. The van der Waals surface area contributed by atoms with E-state index in [1.54, 1.807) is 37.3 Å². The van der Waals surface area contributed by atoms with E-state index < -0.39 is 0 Å². The summed E-state index contributed by atoms with van der Waals surface area (Å²) in [5.41, 5.74) is 0.874. The number of hydrogen-bond acceptors (Lipinski definition) is 5. The molecular formula is C26H40N4O5. The van der Waals surface area contributed by atoms with Crippen LogP contribution in [0.1, 0.15) is 63.2 Å². The minimum atomic E-state index is -0.276. The Balaban J connectivity index is 1.87. The Kier molecular flexibility index (Phi) is 9.37. The molecule has 0 spiro atoms. The van der Waals surface area contributed by atoms with E-state index in [1.165, 1.54) is 0 Å². The number of ether oxygens (including phenoxy) is 2. The summed E-state index contributed by atoms with van der Waals surface area (Å²) in [6.07, 6.45) is 4.39. The standard InChI is InChI=1S/C26H40N4O5/c1-6-24(31)30-14-17(2)23(34-5)15-29(4)25(32)21-13-20(11-12-22(21)35-16-18(30)3)28-26(33)27-19-9-7-8-10-19/h11-13,17-19,23H,6-10,14-16H2,1-5H3,(H2,27,28,33)/t17-,18+,23-/m0/s1. The lowest BCUT2D eigenvalue weighted by Gasteiger charge is -2.36. The van der Waals surface area contributed by atoms with Crippen molar-refractivity contribution in [2.75, 3.05) is 39.2 Å². The van der Waals surface area contributed by atoms with E-state index in [9.17, 15) is 14.4 Å². The molecule has 1 fully saturated rings. The van der Waals surface area contributed by atoms with Gasteiger partial charge in [-0.05, 0) is 38.0 Å². The molecule has 4 amide bonds. The number of methoxy groups -OCH3 is 1. The number of fused-ring (bicyclic) bond motifs is 1. The molecule has 9 heteroatoms. The second-order valence-corrected chi connectivity index (χ2v) is 9.79. The van der Waals surface area contributed by atoms with Crippen LogP contribution in [0.2, 0.25) is 0 Å². The average Bonchev–Trinajstić information content (AvgIpc) is 3.35. The Morgan fingerprint density at radius 1 is 1.17 bits per heavy atom. The highest BCUT2D eigenvalue weighted by molar-refractivity contribution is 5.99. The molecular weight excluding hydrogens is 448 g/mol. The molecule has 1 saturated carbocycles. The van der Waals surface area contributed by atoms with Crippen molar-refractivity contribution in [3.8, 4) is 5.75 Å². The topological polar surface area (TPSA) is 100 Å². The van der Waals surface area contributed by atoms with Gasteiger partial charge in [0.05, 0.1) is 17.7 Å². The van der Waals surface area contributed by atoms with E-state index in [1.807, 2.05) is 25.7 Å². The van der Waals surface area contributed by atoms with Gasteiger partial charge < -0.3 is 29.9 Å². The second kappa shape index (κ2) is 12.2. The third kappa shape index (κ3) is 6.87. The summed E-state index contributed by atoms with van der Waals surface area (Å²) >= 11 is 0. The minimum Gasteiger partial charge on any atom is -0.491 e.